The lowest BCUT2D eigenvalue weighted by molar-refractivity contribution is -0.121. The molecule has 0 aromatic heterocycles. The number of carbonyl (C=O) groups is 1. The largest absolute Gasteiger partial charge is 0.348 e. The van der Waals surface area contributed by atoms with Crippen LogP contribution in [0.1, 0.15) is 18.5 Å². The van der Waals surface area contributed by atoms with Crippen LogP contribution in [0, 0.1) is 5.82 Å². The second-order valence-corrected chi connectivity index (χ2v) is 8.66. The summed E-state index contributed by atoms with van der Waals surface area (Å²) in [5, 5.41) is 4.99. The van der Waals surface area contributed by atoms with Gasteiger partial charge in [-0.15, -0.1) is 0 Å². The van der Waals surface area contributed by atoms with Crippen molar-refractivity contribution in [3.05, 3.63) is 78.1 Å². The number of likely N-dealkylation sites (N-methyl/N-ethyl adjacent to an activating group) is 1. The highest BCUT2D eigenvalue weighted by Crippen LogP contribution is 2.20. The van der Waals surface area contributed by atoms with E-state index < -0.39 is 21.7 Å². The zero-order valence-corrected chi connectivity index (χ0v) is 16.4. The normalized spacial score (nSPS) is 12.9. The maximum atomic E-state index is 13.0. The molecule has 28 heavy (non-hydrogen) atoms. The number of carbonyl (C=O) groups excluding carboxylic acids is 1. The van der Waals surface area contributed by atoms with Crippen molar-refractivity contribution in [3.8, 4) is 0 Å². The highest BCUT2D eigenvalue weighted by molar-refractivity contribution is 7.89. The Morgan fingerprint density at radius 3 is 2.36 bits per heavy atom. The van der Waals surface area contributed by atoms with Gasteiger partial charge in [-0.2, -0.15) is 4.31 Å². The van der Waals surface area contributed by atoms with Crippen molar-refractivity contribution in [2.45, 2.75) is 17.9 Å². The predicted octanol–water partition coefficient (Wildman–Crippen LogP) is 3.48. The molecule has 1 atom stereocenters. The van der Waals surface area contributed by atoms with Crippen LogP contribution in [0.3, 0.4) is 0 Å². The van der Waals surface area contributed by atoms with Gasteiger partial charge in [0.1, 0.15) is 5.82 Å². The molecule has 5 nitrogen and oxygen atoms in total. The molecular formula is C21H21FN2O3S. The molecule has 1 unspecified atom stereocenters. The number of benzene rings is 3. The zero-order valence-electron chi connectivity index (χ0n) is 15.6. The number of rotatable bonds is 6. The van der Waals surface area contributed by atoms with Gasteiger partial charge in [-0.25, -0.2) is 12.8 Å². The maximum absolute atomic E-state index is 13.0. The van der Waals surface area contributed by atoms with Crippen LogP contribution in [0.4, 0.5) is 4.39 Å². The third-order valence-corrected chi connectivity index (χ3v) is 6.36. The molecular weight excluding hydrogens is 379 g/mol. The van der Waals surface area contributed by atoms with Crippen LogP contribution >= 0.6 is 0 Å². The van der Waals surface area contributed by atoms with Crippen LogP contribution in [0.15, 0.2) is 71.6 Å². The minimum atomic E-state index is -3.87. The minimum Gasteiger partial charge on any atom is -0.348 e. The topological polar surface area (TPSA) is 66.5 Å². The smallest absolute Gasteiger partial charge is 0.243 e. The fraction of sp³-hybridized carbons (Fsp3) is 0.190. The molecule has 3 aromatic rings. The molecule has 146 valence electrons. The Balaban J connectivity index is 1.67. The van der Waals surface area contributed by atoms with Gasteiger partial charge in [0.15, 0.2) is 0 Å². The average Bonchev–Trinajstić information content (AvgIpc) is 2.67. The zero-order chi connectivity index (χ0) is 20.3. The molecule has 0 fully saturated rings. The number of amides is 1. The van der Waals surface area contributed by atoms with Crippen LogP contribution < -0.4 is 5.32 Å². The molecule has 3 rings (SSSR count). The van der Waals surface area contributed by atoms with Gasteiger partial charge in [-0.1, -0.05) is 36.4 Å². The lowest BCUT2D eigenvalue weighted by Gasteiger charge is -2.19. The second-order valence-electron chi connectivity index (χ2n) is 6.61. The van der Waals surface area contributed by atoms with E-state index in [1.807, 2.05) is 49.4 Å². The Hall–Kier alpha value is -2.77. The van der Waals surface area contributed by atoms with E-state index in [1.165, 1.54) is 19.2 Å². The monoisotopic (exact) mass is 400 g/mol. The Morgan fingerprint density at radius 2 is 1.68 bits per heavy atom. The average molecular weight is 400 g/mol. The van der Waals surface area contributed by atoms with Crippen molar-refractivity contribution >= 4 is 26.7 Å². The van der Waals surface area contributed by atoms with Crippen LogP contribution in [0.25, 0.3) is 10.8 Å². The highest BCUT2D eigenvalue weighted by atomic mass is 32.2. The first-order valence-electron chi connectivity index (χ1n) is 8.77. The molecule has 0 aliphatic rings. The molecule has 0 saturated carbocycles. The van der Waals surface area contributed by atoms with Crippen molar-refractivity contribution < 1.29 is 17.6 Å². The molecule has 0 aliphatic carbocycles. The summed E-state index contributed by atoms with van der Waals surface area (Å²) in [6.45, 7) is 1.51. The summed E-state index contributed by atoms with van der Waals surface area (Å²) in [6, 6.07) is 18.1. The van der Waals surface area contributed by atoms with Gasteiger partial charge in [0.25, 0.3) is 0 Å². The Kier molecular flexibility index (Phi) is 5.76. The van der Waals surface area contributed by atoms with E-state index in [1.54, 1.807) is 0 Å². The SMILES string of the molecule is CC(NC(=O)CN(C)S(=O)(=O)c1ccc(F)cc1)c1ccc2ccccc2c1. The van der Waals surface area contributed by atoms with Gasteiger partial charge in [0.2, 0.25) is 15.9 Å². The molecule has 1 amide bonds. The highest BCUT2D eigenvalue weighted by Gasteiger charge is 2.23. The van der Waals surface area contributed by atoms with Gasteiger partial charge in [-0.05, 0) is 53.6 Å². The molecule has 0 spiro atoms. The molecule has 0 saturated heterocycles. The fourth-order valence-corrected chi connectivity index (χ4v) is 4.05. The first-order valence-corrected chi connectivity index (χ1v) is 10.2. The van der Waals surface area contributed by atoms with Crippen molar-refractivity contribution in [3.63, 3.8) is 0 Å². The first kappa shape index (κ1) is 20.0. The van der Waals surface area contributed by atoms with E-state index in [0.29, 0.717) is 0 Å². The number of hydrogen-bond acceptors (Lipinski definition) is 3. The summed E-state index contributed by atoms with van der Waals surface area (Å²) < 4.78 is 39.0. The number of fused-ring (bicyclic) bond motifs is 1. The molecule has 0 bridgehead atoms. The van der Waals surface area contributed by atoms with E-state index in [0.717, 1.165) is 32.8 Å². The van der Waals surface area contributed by atoms with E-state index in [-0.39, 0.29) is 17.5 Å². The Morgan fingerprint density at radius 1 is 1.04 bits per heavy atom. The number of hydrogen-bond donors (Lipinski definition) is 1. The van der Waals surface area contributed by atoms with E-state index in [4.69, 9.17) is 0 Å². The van der Waals surface area contributed by atoms with Gasteiger partial charge < -0.3 is 5.32 Å². The fourth-order valence-electron chi connectivity index (χ4n) is 2.92. The predicted molar refractivity (Wildman–Crippen MR) is 107 cm³/mol. The van der Waals surface area contributed by atoms with Crippen LogP contribution in [0.5, 0.6) is 0 Å². The van der Waals surface area contributed by atoms with Crippen LogP contribution in [0.2, 0.25) is 0 Å². The van der Waals surface area contributed by atoms with E-state index in [2.05, 4.69) is 5.32 Å². The minimum absolute atomic E-state index is 0.0632. The number of sulfonamides is 1. The van der Waals surface area contributed by atoms with Crippen molar-refractivity contribution in [1.29, 1.82) is 0 Å². The maximum Gasteiger partial charge on any atom is 0.243 e. The summed E-state index contributed by atoms with van der Waals surface area (Å²) >= 11 is 0. The quantitative estimate of drug-likeness (QED) is 0.689. The van der Waals surface area contributed by atoms with Gasteiger partial charge in [-0.3, -0.25) is 4.79 Å². The molecule has 3 aromatic carbocycles. The van der Waals surface area contributed by atoms with Gasteiger partial charge in [0.05, 0.1) is 17.5 Å². The standard InChI is InChI=1S/C21H21FN2O3S/c1-15(17-8-7-16-5-3-4-6-18(16)13-17)23-21(25)14-24(2)28(26,27)20-11-9-19(22)10-12-20/h3-13,15H,14H2,1-2H3,(H,23,25). The Bertz CT molecular complexity index is 1100. The first-order chi connectivity index (χ1) is 13.3. The van der Waals surface area contributed by atoms with Crippen molar-refractivity contribution in [2.75, 3.05) is 13.6 Å². The Labute approximate surface area is 163 Å². The molecule has 7 heteroatoms. The third kappa shape index (κ3) is 4.37. The van der Waals surface area contributed by atoms with E-state index >= 15 is 0 Å². The van der Waals surface area contributed by atoms with E-state index in [9.17, 15) is 17.6 Å². The number of nitrogens with one attached hydrogen (secondary N) is 1. The van der Waals surface area contributed by atoms with Crippen molar-refractivity contribution in [1.82, 2.24) is 9.62 Å². The van der Waals surface area contributed by atoms with Crippen LogP contribution in [-0.4, -0.2) is 32.2 Å². The second kappa shape index (κ2) is 8.08. The van der Waals surface area contributed by atoms with Crippen molar-refractivity contribution in [2.24, 2.45) is 0 Å². The lowest BCUT2D eigenvalue weighted by atomic mass is 10.0. The summed E-state index contributed by atoms with van der Waals surface area (Å²) in [7, 11) is -2.56. The number of halogens is 1. The molecule has 0 aliphatic heterocycles. The molecule has 0 radical (unpaired) electrons. The summed E-state index contributed by atoms with van der Waals surface area (Å²) in [5.74, 6) is -0.947. The molecule has 0 heterocycles. The van der Waals surface area contributed by atoms with Gasteiger partial charge >= 0.3 is 0 Å². The van der Waals surface area contributed by atoms with Gasteiger partial charge in [0, 0.05) is 7.05 Å². The summed E-state index contributed by atoms with van der Waals surface area (Å²) in [5.41, 5.74) is 0.927. The third-order valence-electron chi connectivity index (χ3n) is 4.54. The summed E-state index contributed by atoms with van der Waals surface area (Å²) in [6.07, 6.45) is 0. The lowest BCUT2D eigenvalue weighted by Crippen LogP contribution is -2.39. The van der Waals surface area contributed by atoms with Crippen LogP contribution in [-0.2, 0) is 14.8 Å². The molecule has 1 N–H and O–H groups in total. The number of nitrogens with zero attached hydrogens (tertiary/aromatic N) is 1. The summed E-state index contributed by atoms with van der Waals surface area (Å²) in [4.78, 5) is 12.3.